The Bertz CT molecular complexity index is 1250. The fourth-order valence-corrected chi connectivity index (χ4v) is 4.36. The van der Waals surface area contributed by atoms with Crippen molar-refractivity contribution in [2.75, 3.05) is 13.6 Å². The van der Waals surface area contributed by atoms with Crippen LogP contribution in [-0.4, -0.2) is 38.0 Å². The summed E-state index contributed by atoms with van der Waals surface area (Å²) in [5.74, 6) is 0.562. The predicted octanol–water partition coefficient (Wildman–Crippen LogP) is 0.187. The molecule has 2 aromatic carbocycles. The van der Waals surface area contributed by atoms with E-state index in [9.17, 15) is 20.4 Å². The number of halogens is 1. The van der Waals surface area contributed by atoms with Gasteiger partial charge in [-0.05, 0) is 18.2 Å². The zero-order valence-electron chi connectivity index (χ0n) is 15.2. The van der Waals surface area contributed by atoms with Crippen molar-refractivity contribution in [3.05, 3.63) is 69.7 Å². The molecule has 0 saturated carbocycles. The second-order valence-electron chi connectivity index (χ2n) is 5.61. The van der Waals surface area contributed by atoms with Crippen LogP contribution in [0.5, 0.6) is 0 Å². The third-order valence-corrected chi connectivity index (χ3v) is 6.48. The Balaban J connectivity index is 0.000000303. The van der Waals surface area contributed by atoms with Crippen molar-refractivity contribution in [3.8, 4) is 0 Å². The average Bonchev–Trinajstić information content (AvgIpc) is 2.75. The number of hydrogen-bond donors (Lipinski definition) is 3. The summed E-state index contributed by atoms with van der Waals surface area (Å²) in [7, 11) is 1.66. The molecular formula is C16H16ClCr2N3O8. The number of hydrogen-bond acceptors (Lipinski definition) is 8. The molecule has 0 aromatic heterocycles. The Morgan fingerprint density at radius 2 is 1.67 bits per heavy atom. The maximum absolute atomic E-state index is 10.5. The Kier molecular flexibility index (Phi) is 7.96. The summed E-state index contributed by atoms with van der Waals surface area (Å²) >= 11 is -5.40. The van der Waals surface area contributed by atoms with Crippen molar-refractivity contribution >= 4 is 23.1 Å². The molecule has 30 heavy (non-hydrogen) atoms. The standard InChI is InChI=1S/C16H14ClN3O.2Cr.2H2O.5O/c1-18-15-10-20(21)16(11-5-3-2-4-6-11)13-9-12(17)7-8-14(13)19-15;;;;;;;;;/h2-9,21H,10H2,1H3;;;2*1H2;;;;;/q;2*+1;;;;;;;/p-2. The van der Waals surface area contributed by atoms with Gasteiger partial charge < -0.3 is 0 Å². The summed E-state index contributed by atoms with van der Waals surface area (Å²) in [6.07, 6.45) is 0. The fourth-order valence-electron chi connectivity index (χ4n) is 2.45. The van der Waals surface area contributed by atoms with Crippen molar-refractivity contribution in [2.45, 2.75) is 0 Å². The van der Waals surface area contributed by atoms with Gasteiger partial charge in [-0.2, -0.15) is 0 Å². The van der Waals surface area contributed by atoms with Crippen molar-refractivity contribution < 1.29 is 58.8 Å². The van der Waals surface area contributed by atoms with Gasteiger partial charge in [0, 0.05) is 22.9 Å². The van der Waals surface area contributed by atoms with E-state index < -0.39 is 27.2 Å². The Hall–Kier alpha value is -2.03. The average molecular weight is 518 g/mol. The molecular weight excluding hydrogens is 502 g/mol. The van der Waals surface area contributed by atoms with Crippen LogP contribution in [0.4, 0.5) is 0 Å². The van der Waals surface area contributed by atoms with Crippen LogP contribution in [0.25, 0.3) is 5.70 Å². The first-order valence-electron chi connectivity index (χ1n) is 7.91. The number of benzene rings is 2. The molecule has 0 atom stereocenters. The van der Waals surface area contributed by atoms with Crippen molar-refractivity contribution in [3.63, 3.8) is 0 Å². The summed E-state index contributed by atoms with van der Waals surface area (Å²) in [6.45, 7) is 0.229. The van der Waals surface area contributed by atoms with E-state index in [0.29, 0.717) is 16.6 Å². The molecule has 0 unspecified atom stereocenters. The maximum atomic E-state index is 10.5. The number of amidine groups is 1. The number of aliphatic imine (C=N–C) groups is 1. The molecule has 1 aliphatic heterocycles. The minimum absolute atomic E-state index is 0.229. The van der Waals surface area contributed by atoms with Crippen LogP contribution < -0.4 is 10.6 Å². The normalized spacial score (nSPS) is 15.6. The van der Waals surface area contributed by atoms with E-state index in [0.717, 1.165) is 16.1 Å². The van der Waals surface area contributed by atoms with E-state index in [2.05, 4.69) is 12.8 Å². The van der Waals surface area contributed by atoms with Crippen LogP contribution in [0.3, 0.4) is 0 Å². The van der Waals surface area contributed by atoms with E-state index >= 15 is 0 Å². The van der Waals surface area contributed by atoms with E-state index in [-0.39, 0.29) is 6.54 Å². The second-order valence-corrected chi connectivity index (χ2v) is 9.81. The van der Waals surface area contributed by atoms with Gasteiger partial charge in [-0.25, -0.2) is 10.1 Å². The van der Waals surface area contributed by atoms with Gasteiger partial charge in [0.05, 0.1) is 11.1 Å². The number of fused-ring (bicyclic) bond motifs is 1. The molecule has 3 rings (SSSR count). The van der Waals surface area contributed by atoms with E-state index in [4.69, 9.17) is 19.9 Å². The molecule has 162 valence electrons. The van der Waals surface area contributed by atoms with E-state index in [1.54, 1.807) is 13.1 Å². The number of hydroxylamine groups is 2. The van der Waals surface area contributed by atoms with Crippen LogP contribution in [0.15, 0.2) is 58.5 Å². The quantitative estimate of drug-likeness (QED) is 0.515. The molecule has 1 heterocycles. The molecule has 0 aliphatic carbocycles. The zero-order chi connectivity index (χ0) is 22.5. The Morgan fingerprint density at radius 3 is 2.17 bits per heavy atom. The molecule has 0 fully saturated rings. The summed E-state index contributed by atoms with van der Waals surface area (Å²) in [6, 6.07) is 15.1. The van der Waals surface area contributed by atoms with Crippen molar-refractivity contribution in [1.29, 1.82) is 0 Å². The van der Waals surface area contributed by atoms with Gasteiger partial charge in [-0.15, -0.1) is 0 Å². The topological polar surface area (TPSA) is 166 Å². The number of rotatable bonds is 3. The first kappa shape index (κ1) is 24.2. The van der Waals surface area contributed by atoms with Crippen LogP contribution >= 0.6 is 11.6 Å². The Morgan fingerprint density at radius 1 is 1.07 bits per heavy atom. The molecule has 0 spiro atoms. The molecule has 3 N–H and O–H groups in total. The van der Waals surface area contributed by atoms with Gasteiger partial charge >= 0.3 is 53.6 Å². The van der Waals surface area contributed by atoms with Crippen molar-refractivity contribution in [2.24, 2.45) is 9.98 Å². The SMILES string of the molecule is CN=C1CN(O)C(c2ccccc2)=c2cc(Cl)ccc2=N1.[O]=[Cr](=[O])([OH])[O][Cr](=[O])(=[O])[OH]. The van der Waals surface area contributed by atoms with Crippen LogP contribution in [0.2, 0.25) is 5.02 Å². The predicted molar refractivity (Wildman–Crippen MR) is 91.3 cm³/mol. The fraction of sp³-hybridized carbons (Fsp3) is 0.125. The number of nitrogens with zero attached hydrogens (tertiary/aromatic N) is 3. The van der Waals surface area contributed by atoms with Gasteiger partial charge in [0.1, 0.15) is 12.4 Å². The van der Waals surface area contributed by atoms with Gasteiger partial charge in [0.25, 0.3) is 0 Å². The molecule has 1 aliphatic rings. The Labute approximate surface area is 180 Å². The summed E-state index contributed by atoms with van der Waals surface area (Å²) in [4.78, 5) is 8.60. The summed E-state index contributed by atoms with van der Waals surface area (Å²) < 4.78 is 56.3. The van der Waals surface area contributed by atoms with E-state index in [1.165, 1.54) is 5.06 Å². The van der Waals surface area contributed by atoms with Gasteiger partial charge in [0.15, 0.2) is 0 Å². The van der Waals surface area contributed by atoms with Crippen LogP contribution in [0.1, 0.15) is 5.56 Å². The first-order chi connectivity index (χ1) is 13.9. The van der Waals surface area contributed by atoms with Gasteiger partial charge in [-0.1, -0.05) is 41.9 Å². The molecule has 0 saturated heterocycles. The molecule has 0 radical (unpaired) electrons. The van der Waals surface area contributed by atoms with Gasteiger partial charge in [0.2, 0.25) is 0 Å². The minimum atomic E-state index is -5.76. The van der Waals surface area contributed by atoms with E-state index in [1.807, 2.05) is 42.5 Å². The molecule has 2 aromatic rings. The second kappa shape index (κ2) is 9.85. The first-order valence-corrected chi connectivity index (χ1v) is 12.6. The summed E-state index contributed by atoms with van der Waals surface area (Å²) in [5.41, 5.74) is 1.58. The third kappa shape index (κ3) is 7.34. The third-order valence-electron chi connectivity index (χ3n) is 3.49. The monoisotopic (exact) mass is 517 g/mol. The van der Waals surface area contributed by atoms with Crippen molar-refractivity contribution in [1.82, 2.24) is 5.06 Å². The molecule has 0 bridgehead atoms. The molecule has 14 heteroatoms. The zero-order valence-corrected chi connectivity index (χ0v) is 18.6. The van der Waals surface area contributed by atoms with Crippen LogP contribution in [0, 0.1) is 0 Å². The van der Waals surface area contributed by atoms with Gasteiger partial charge in [-0.3, -0.25) is 10.2 Å². The van der Waals surface area contributed by atoms with Crippen LogP contribution in [-0.2, 0) is 45.3 Å². The molecule has 0 amide bonds. The molecule has 11 nitrogen and oxygen atoms in total. The summed E-state index contributed by atoms with van der Waals surface area (Å²) in [5, 5.41) is 13.8.